The highest BCUT2D eigenvalue weighted by Crippen LogP contribution is 2.38. The number of pyridine rings is 1. The summed E-state index contributed by atoms with van der Waals surface area (Å²) in [4.78, 5) is 42.2. The van der Waals surface area contributed by atoms with Crippen molar-refractivity contribution in [3.63, 3.8) is 0 Å². The first-order valence-electron chi connectivity index (χ1n) is 12.3. The van der Waals surface area contributed by atoms with E-state index in [1.165, 1.54) is 18.3 Å². The quantitative estimate of drug-likeness (QED) is 0.427. The van der Waals surface area contributed by atoms with Crippen LogP contribution in [0, 0.1) is 5.92 Å². The van der Waals surface area contributed by atoms with Crippen LogP contribution in [0.2, 0.25) is 0 Å². The lowest BCUT2D eigenvalue weighted by Gasteiger charge is -2.33. The summed E-state index contributed by atoms with van der Waals surface area (Å²) in [6, 6.07) is -0.400. The average Bonchev–Trinajstić information content (AvgIpc) is 3.49. The highest BCUT2D eigenvalue weighted by atomic mass is 19.4. The molecule has 3 amide bonds. The maximum absolute atomic E-state index is 13.8. The number of aromatic nitrogens is 2. The molecule has 3 heterocycles. The Morgan fingerprint density at radius 3 is 2.62 bits per heavy atom. The van der Waals surface area contributed by atoms with Gasteiger partial charge in [0.1, 0.15) is 29.7 Å². The van der Waals surface area contributed by atoms with Crippen molar-refractivity contribution in [2.45, 2.75) is 69.6 Å². The summed E-state index contributed by atoms with van der Waals surface area (Å²) in [5, 5.41) is 10.8. The topological polar surface area (TPSA) is 126 Å². The second kappa shape index (κ2) is 11.1. The van der Waals surface area contributed by atoms with Gasteiger partial charge in [-0.15, -0.1) is 0 Å². The molecule has 1 aliphatic carbocycles. The first kappa shape index (κ1) is 28.2. The van der Waals surface area contributed by atoms with E-state index in [2.05, 4.69) is 20.8 Å². The van der Waals surface area contributed by atoms with E-state index in [-0.39, 0.29) is 36.2 Å². The van der Waals surface area contributed by atoms with Crippen LogP contribution in [-0.2, 0) is 22.4 Å². The minimum absolute atomic E-state index is 0.00720. The zero-order valence-corrected chi connectivity index (χ0v) is 20.8. The van der Waals surface area contributed by atoms with Crippen LogP contribution >= 0.6 is 0 Å². The molecule has 2 aromatic rings. The maximum Gasteiger partial charge on any atom is 0.412 e. The molecule has 2 aromatic heterocycles. The number of nitrogens with one attached hydrogen (secondary N) is 3. The summed E-state index contributed by atoms with van der Waals surface area (Å²) >= 11 is 0. The van der Waals surface area contributed by atoms with Crippen molar-refractivity contribution >= 4 is 23.5 Å². The zero-order valence-electron chi connectivity index (χ0n) is 20.8. The van der Waals surface area contributed by atoms with Gasteiger partial charge in [0, 0.05) is 31.0 Å². The van der Waals surface area contributed by atoms with Gasteiger partial charge in [0.05, 0.1) is 5.69 Å². The summed E-state index contributed by atoms with van der Waals surface area (Å²) < 4.78 is 71.3. The summed E-state index contributed by atoms with van der Waals surface area (Å²) in [6.07, 6.45) is -2.01. The van der Waals surface area contributed by atoms with Gasteiger partial charge >= 0.3 is 6.18 Å². The van der Waals surface area contributed by atoms with Crippen molar-refractivity contribution in [3.8, 4) is 0 Å². The van der Waals surface area contributed by atoms with Crippen molar-refractivity contribution < 1.29 is 40.9 Å². The number of rotatable bonds is 8. The van der Waals surface area contributed by atoms with Crippen molar-refractivity contribution in [1.82, 2.24) is 20.8 Å². The van der Waals surface area contributed by atoms with Crippen LogP contribution in [0.25, 0.3) is 0 Å². The molecule has 0 bridgehead atoms. The van der Waals surface area contributed by atoms with Gasteiger partial charge in [-0.2, -0.15) is 13.2 Å². The Kier molecular flexibility index (Phi) is 8.02. The van der Waals surface area contributed by atoms with E-state index in [1.807, 2.05) is 5.32 Å². The van der Waals surface area contributed by atoms with Gasteiger partial charge in [-0.05, 0) is 49.0 Å². The first-order chi connectivity index (χ1) is 18.4. The third-order valence-electron chi connectivity index (χ3n) is 6.80. The lowest BCUT2D eigenvalue weighted by Crippen LogP contribution is -2.50. The van der Waals surface area contributed by atoms with Crippen molar-refractivity contribution in [1.29, 1.82) is 0 Å². The standard InChI is InChI=1S/C25H26F5N5O4/c1-2-17-16(12-39-35-17)22(37)34-20(14-3-6-24(26,27)7-4-14)23(38)33-19-10-13(5-8-31-19)9-15-11-18(25(28,29)30)32-21(15)36/h5,8,10-12,14,18,20H,2-4,6-7,9H2,1H3,(H,32,36)(H,34,37)(H,31,33,38)/t18?,20-/m1/s1. The fraction of sp³-hybridized carbons (Fsp3) is 0.480. The van der Waals surface area contributed by atoms with E-state index >= 15 is 0 Å². The fourth-order valence-electron chi connectivity index (χ4n) is 4.66. The number of anilines is 1. The van der Waals surface area contributed by atoms with E-state index in [4.69, 9.17) is 4.52 Å². The molecule has 1 aliphatic heterocycles. The second-order valence-electron chi connectivity index (χ2n) is 9.57. The molecule has 2 atom stereocenters. The van der Waals surface area contributed by atoms with Gasteiger partial charge in [-0.25, -0.2) is 13.8 Å². The van der Waals surface area contributed by atoms with Crippen LogP contribution in [0.4, 0.5) is 27.8 Å². The molecule has 39 heavy (non-hydrogen) atoms. The van der Waals surface area contributed by atoms with Crippen LogP contribution < -0.4 is 16.0 Å². The smallest absolute Gasteiger partial charge is 0.364 e. The predicted molar refractivity (Wildman–Crippen MR) is 127 cm³/mol. The van der Waals surface area contributed by atoms with Crippen molar-refractivity contribution in [2.75, 3.05) is 5.32 Å². The third kappa shape index (κ3) is 6.79. The van der Waals surface area contributed by atoms with E-state index in [9.17, 15) is 36.3 Å². The molecule has 0 aromatic carbocycles. The van der Waals surface area contributed by atoms with Gasteiger partial charge in [-0.3, -0.25) is 14.4 Å². The highest BCUT2D eigenvalue weighted by Gasteiger charge is 2.43. The molecule has 14 heteroatoms. The molecule has 1 saturated carbocycles. The molecule has 1 unspecified atom stereocenters. The van der Waals surface area contributed by atoms with Gasteiger partial charge in [0.15, 0.2) is 0 Å². The molecule has 0 radical (unpaired) electrons. The number of carbonyl (C=O) groups is 3. The Morgan fingerprint density at radius 2 is 1.97 bits per heavy atom. The lowest BCUT2D eigenvalue weighted by molar-refractivity contribution is -0.148. The molecule has 9 nitrogen and oxygen atoms in total. The number of halogens is 5. The van der Waals surface area contributed by atoms with Crippen LogP contribution in [0.5, 0.6) is 0 Å². The Hall–Kier alpha value is -3.84. The molecular formula is C25H26F5N5O4. The molecule has 1 fully saturated rings. The molecule has 4 rings (SSSR count). The number of aryl methyl sites for hydroxylation is 1. The number of carbonyl (C=O) groups excluding carboxylic acids is 3. The van der Waals surface area contributed by atoms with Crippen LogP contribution in [-0.4, -0.2) is 52.0 Å². The monoisotopic (exact) mass is 555 g/mol. The fourth-order valence-corrected chi connectivity index (χ4v) is 4.66. The van der Waals surface area contributed by atoms with Crippen molar-refractivity contribution in [3.05, 3.63) is 53.1 Å². The minimum Gasteiger partial charge on any atom is -0.364 e. The molecule has 2 aliphatic rings. The van der Waals surface area contributed by atoms with Crippen molar-refractivity contribution in [2.24, 2.45) is 5.92 Å². The van der Waals surface area contributed by atoms with E-state index < -0.39 is 60.7 Å². The van der Waals surface area contributed by atoms with Crippen LogP contribution in [0.15, 0.2) is 40.8 Å². The zero-order chi connectivity index (χ0) is 28.4. The number of amides is 3. The van der Waals surface area contributed by atoms with Gasteiger partial charge in [0.25, 0.3) is 5.91 Å². The lowest BCUT2D eigenvalue weighted by atomic mass is 9.81. The second-order valence-corrected chi connectivity index (χ2v) is 9.57. The largest absolute Gasteiger partial charge is 0.412 e. The molecule has 3 N–H and O–H groups in total. The maximum atomic E-state index is 13.8. The van der Waals surface area contributed by atoms with E-state index in [1.54, 1.807) is 6.92 Å². The van der Waals surface area contributed by atoms with E-state index in [0.717, 1.165) is 12.3 Å². The van der Waals surface area contributed by atoms with Gasteiger partial charge < -0.3 is 20.5 Å². The summed E-state index contributed by atoms with van der Waals surface area (Å²) in [5.74, 6) is -5.62. The third-order valence-corrected chi connectivity index (χ3v) is 6.80. The minimum atomic E-state index is -4.62. The summed E-state index contributed by atoms with van der Waals surface area (Å²) in [5.41, 5.74) is 0.806. The molecule has 0 spiro atoms. The molecule has 0 saturated heterocycles. The van der Waals surface area contributed by atoms with Crippen LogP contribution in [0.3, 0.4) is 0 Å². The Balaban J connectivity index is 1.50. The summed E-state index contributed by atoms with van der Waals surface area (Å²) in [6.45, 7) is 1.76. The molecular weight excluding hydrogens is 529 g/mol. The normalized spacial score (nSPS) is 20.2. The number of alkyl halides is 5. The van der Waals surface area contributed by atoms with Crippen LogP contribution in [0.1, 0.15) is 54.2 Å². The van der Waals surface area contributed by atoms with Gasteiger partial charge in [0.2, 0.25) is 17.7 Å². The van der Waals surface area contributed by atoms with Gasteiger partial charge in [-0.1, -0.05) is 12.1 Å². The number of hydrogen-bond acceptors (Lipinski definition) is 6. The highest BCUT2D eigenvalue weighted by molar-refractivity contribution is 6.01. The number of hydrogen-bond donors (Lipinski definition) is 3. The first-order valence-corrected chi connectivity index (χ1v) is 12.3. The Morgan fingerprint density at radius 1 is 1.26 bits per heavy atom. The predicted octanol–water partition coefficient (Wildman–Crippen LogP) is 3.72. The SMILES string of the molecule is CCc1nocc1C(=O)N[C@@H](C(=O)Nc1cc(CC2=CC(C(F)(F)F)NC2=O)ccn1)C1CCC(F)(F)CC1. The number of nitrogens with zero attached hydrogens (tertiary/aromatic N) is 2. The molecule has 210 valence electrons. The average molecular weight is 556 g/mol. The Labute approximate surface area is 219 Å². The summed E-state index contributed by atoms with van der Waals surface area (Å²) in [7, 11) is 0. The Bertz CT molecular complexity index is 1270. The van der Waals surface area contributed by atoms with E-state index in [0.29, 0.717) is 17.7 Å².